The zero-order valence-corrected chi connectivity index (χ0v) is 18.4. The predicted molar refractivity (Wildman–Crippen MR) is 116 cm³/mol. The molecule has 0 fully saturated rings. The molecule has 1 atom stereocenters. The van der Waals surface area contributed by atoms with E-state index in [4.69, 9.17) is 14.2 Å². The highest BCUT2D eigenvalue weighted by molar-refractivity contribution is 5.90. The second-order valence-corrected chi connectivity index (χ2v) is 8.35. The van der Waals surface area contributed by atoms with Crippen LogP contribution in [0.1, 0.15) is 57.8 Å². The van der Waals surface area contributed by atoms with Crippen molar-refractivity contribution >= 4 is 17.7 Å². The number of benzene rings is 1. The summed E-state index contributed by atoms with van der Waals surface area (Å²) in [5, 5.41) is 5.42. The molecule has 0 bridgehead atoms. The first kappa shape index (κ1) is 22.6. The van der Waals surface area contributed by atoms with Gasteiger partial charge in [-0.15, -0.1) is 0 Å². The van der Waals surface area contributed by atoms with Crippen LogP contribution in [0.3, 0.4) is 0 Å². The molecule has 3 rings (SSSR count). The Hall–Kier alpha value is -3.13. The summed E-state index contributed by atoms with van der Waals surface area (Å²) >= 11 is 0. The number of nitrogens with one attached hydrogen (secondary N) is 2. The predicted octanol–water partition coefficient (Wildman–Crippen LogP) is 4.71. The van der Waals surface area contributed by atoms with E-state index in [1.807, 2.05) is 25.1 Å². The highest BCUT2D eigenvalue weighted by Crippen LogP contribution is 2.38. The molecule has 2 heterocycles. The molecule has 1 aliphatic rings. The molecule has 1 aliphatic heterocycles. The van der Waals surface area contributed by atoms with Crippen LogP contribution in [0.4, 0.5) is 10.5 Å². The first-order valence-electron chi connectivity index (χ1n) is 10.4. The summed E-state index contributed by atoms with van der Waals surface area (Å²) in [6.45, 7) is 8.33. The van der Waals surface area contributed by atoms with E-state index in [1.54, 1.807) is 39.1 Å². The fourth-order valence-electron chi connectivity index (χ4n) is 3.17. The minimum absolute atomic E-state index is 0.0189. The zero-order valence-electron chi connectivity index (χ0n) is 18.4. The number of amides is 2. The fourth-order valence-corrected chi connectivity index (χ4v) is 3.17. The highest BCUT2D eigenvalue weighted by atomic mass is 16.6. The summed E-state index contributed by atoms with van der Waals surface area (Å²) in [7, 11) is 0. The van der Waals surface area contributed by atoms with Crippen LogP contribution in [0.5, 0.6) is 11.6 Å². The monoisotopic (exact) mass is 427 g/mol. The summed E-state index contributed by atoms with van der Waals surface area (Å²) in [5.41, 5.74) is 2.20. The van der Waals surface area contributed by atoms with Crippen LogP contribution in [0.2, 0.25) is 0 Å². The van der Waals surface area contributed by atoms with Gasteiger partial charge in [-0.1, -0.05) is 12.1 Å². The maximum absolute atomic E-state index is 12.1. The van der Waals surface area contributed by atoms with Gasteiger partial charge in [0.15, 0.2) is 0 Å². The van der Waals surface area contributed by atoms with Crippen molar-refractivity contribution in [2.75, 3.05) is 11.9 Å². The number of hydrogen-bond acceptors (Lipinski definition) is 6. The molecular weight excluding hydrogens is 398 g/mol. The lowest BCUT2D eigenvalue weighted by Crippen LogP contribution is -2.33. The molecule has 0 aliphatic carbocycles. The van der Waals surface area contributed by atoms with Gasteiger partial charge in [-0.05, 0) is 51.8 Å². The lowest BCUT2D eigenvalue weighted by atomic mass is 10.1. The first-order valence-corrected chi connectivity index (χ1v) is 10.4. The second kappa shape index (κ2) is 9.78. The second-order valence-electron chi connectivity index (χ2n) is 8.35. The Morgan fingerprint density at radius 1 is 1.23 bits per heavy atom. The van der Waals surface area contributed by atoms with Crippen LogP contribution < -0.4 is 15.4 Å². The number of rotatable bonds is 7. The van der Waals surface area contributed by atoms with Crippen molar-refractivity contribution in [2.24, 2.45) is 0 Å². The maximum Gasteiger partial charge on any atom is 0.407 e. The number of anilines is 1. The normalized spacial score (nSPS) is 15.2. The van der Waals surface area contributed by atoms with Gasteiger partial charge in [0.2, 0.25) is 11.8 Å². The van der Waals surface area contributed by atoms with Gasteiger partial charge in [-0.25, -0.2) is 9.78 Å². The molecule has 1 aromatic carbocycles. The number of nitrogens with zero attached hydrogens (tertiary/aromatic N) is 1. The van der Waals surface area contributed by atoms with E-state index in [9.17, 15) is 9.59 Å². The Labute approximate surface area is 182 Å². The average Bonchev–Trinajstić information content (AvgIpc) is 3.07. The lowest BCUT2D eigenvalue weighted by Gasteiger charge is -2.19. The van der Waals surface area contributed by atoms with E-state index in [2.05, 4.69) is 15.6 Å². The molecule has 0 saturated carbocycles. The quantitative estimate of drug-likeness (QED) is 0.621. The molecule has 31 heavy (non-hydrogen) atoms. The molecule has 0 radical (unpaired) electrons. The third-order valence-corrected chi connectivity index (χ3v) is 4.54. The Balaban J connectivity index is 1.44. The fraction of sp³-hybridized carbons (Fsp3) is 0.435. The molecule has 8 heteroatoms. The van der Waals surface area contributed by atoms with Crippen molar-refractivity contribution < 1.29 is 23.8 Å². The molecule has 1 aromatic heterocycles. The van der Waals surface area contributed by atoms with Crippen molar-refractivity contribution in [3.8, 4) is 11.6 Å². The number of carbonyl (C=O) groups is 2. The Morgan fingerprint density at radius 2 is 2.03 bits per heavy atom. The summed E-state index contributed by atoms with van der Waals surface area (Å²) < 4.78 is 16.7. The minimum Gasteiger partial charge on any atom is -0.444 e. The van der Waals surface area contributed by atoms with Gasteiger partial charge in [0.05, 0.1) is 24.6 Å². The van der Waals surface area contributed by atoms with Crippen molar-refractivity contribution in [1.29, 1.82) is 0 Å². The zero-order chi connectivity index (χ0) is 22.4. The summed E-state index contributed by atoms with van der Waals surface area (Å²) in [6.07, 6.45) is 1.81. The van der Waals surface area contributed by atoms with Crippen molar-refractivity contribution in [1.82, 2.24) is 10.3 Å². The van der Waals surface area contributed by atoms with Gasteiger partial charge in [0, 0.05) is 24.6 Å². The van der Waals surface area contributed by atoms with Crippen molar-refractivity contribution in [2.45, 2.75) is 58.8 Å². The number of hydrogen-bond donors (Lipinski definition) is 2. The van der Waals surface area contributed by atoms with E-state index < -0.39 is 11.7 Å². The number of pyridine rings is 1. The van der Waals surface area contributed by atoms with Crippen LogP contribution in [0.25, 0.3) is 0 Å². The van der Waals surface area contributed by atoms with Crippen molar-refractivity contribution in [3.05, 3.63) is 47.7 Å². The SMILES string of the molecule is CC1OCc2cccc(Oc3ccc(NC(=O)CCCNC(=O)OC(C)(C)C)cn3)c21. The smallest absolute Gasteiger partial charge is 0.407 e. The summed E-state index contributed by atoms with van der Waals surface area (Å²) in [5.74, 6) is 1.00. The summed E-state index contributed by atoms with van der Waals surface area (Å²) in [6, 6.07) is 9.30. The Bertz CT molecular complexity index is 922. The van der Waals surface area contributed by atoms with Gasteiger partial charge < -0.3 is 24.8 Å². The third-order valence-electron chi connectivity index (χ3n) is 4.54. The standard InChI is InChI=1S/C23H29N3O5/c1-15-21-16(14-29-15)7-5-8-18(21)30-20-11-10-17(13-25-20)26-19(27)9-6-12-24-22(28)31-23(2,3)4/h5,7-8,10-11,13,15H,6,9,12,14H2,1-4H3,(H,24,28)(H,26,27). The molecule has 2 N–H and O–H groups in total. The van der Waals surface area contributed by atoms with E-state index >= 15 is 0 Å². The van der Waals surface area contributed by atoms with Gasteiger partial charge in [0.1, 0.15) is 11.4 Å². The van der Waals surface area contributed by atoms with E-state index in [1.165, 1.54) is 0 Å². The van der Waals surface area contributed by atoms with Crippen molar-refractivity contribution in [3.63, 3.8) is 0 Å². The van der Waals surface area contributed by atoms with Gasteiger partial charge in [-0.3, -0.25) is 4.79 Å². The van der Waals surface area contributed by atoms with Gasteiger partial charge >= 0.3 is 6.09 Å². The Kier molecular flexibility index (Phi) is 7.12. The maximum atomic E-state index is 12.1. The van der Waals surface area contributed by atoms with E-state index in [0.717, 1.165) is 16.9 Å². The topological polar surface area (TPSA) is 98.8 Å². The number of alkyl carbamates (subject to hydrolysis) is 1. The largest absolute Gasteiger partial charge is 0.444 e. The highest BCUT2D eigenvalue weighted by Gasteiger charge is 2.23. The molecule has 2 amide bonds. The number of fused-ring (bicyclic) bond motifs is 1. The van der Waals surface area contributed by atoms with Crippen LogP contribution in [0.15, 0.2) is 36.5 Å². The molecule has 166 valence electrons. The number of carbonyl (C=O) groups excluding carboxylic acids is 2. The molecule has 0 saturated heterocycles. The first-order chi connectivity index (χ1) is 14.7. The number of aromatic nitrogens is 1. The lowest BCUT2D eigenvalue weighted by molar-refractivity contribution is -0.116. The van der Waals surface area contributed by atoms with Crippen LogP contribution in [-0.2, 0) is 20.9 Å². The summed E-state index contributed by atoms with van der Waals surface area (Å²) in [4.78, 5) is 28.0. The molecule has 1 unspecified atom stereocenters. The van der Waals surface area contributed by atoms with E-state index in [0.29, 0.717) is 31.1 Å². The van der Waals surface area contributed by atoms with Gasteiger partial charge in [-0.2, -0.15) is 0 Å². The van der Waals surface area contributed by atoms with Crippen LogP contribution in [0, 0.1) is 0 Å². The molecule has 2 aromatic rings. The molecular formula is C23H29N3O5. The molecule has 8 nitrogen and oxygen atoms in total. The van der Waals surface area contributed by atoms with Crippen LogP contribution in [-0.4, -0.2) is 29.1 Å². The van der Waals surface area contributed by atoms with Crippen LogP contribution >= 0.6 is 0 Å². The minimum atomic E-state index is -0.545. The number of ether oxygens (including phenoxy) is 3. The third kappa shape index (κ3) is 6.68. The average molecular weight is 428 g/mol. The van der Waals surface area contributed by atoms with Gasteiger partial charge in [0.25, 0.3) is 0 Å². The van der Waals surface area contributed by atoms with E-state index in [-0.39, 0.29) is 18.4 Å². The Morgan fingerprint density at radius 3 is 2.74 bits per heavy atom. The molecule has 0 spiro atoms.